The van der Waals surface area contributed by atoms with Crippen molar-refractivity contribution < 1.29 is 23.4 Å². The molecular weight excluding hydrogens is 503 g/mol. The second kappa shape index (κ2) is 12.2. The molecule has 2 saturated heterocycles. The Kier molecular flexibility index (Phi) is 8.45. The van der Waals surface area contributed by atoms with Crippen LogP contribution in [0.5, 0.6) is 5.88 Å². The van der Waals surface area contributed by atoms with E-state index in [2.05, 4.69) is 21.3 Å². The van der Waals surface area contributed by atoms with Crippen LogP contribution in [0.15, 0.2) is 30.3 Å². The lowest BCUT2D eigenvalue weighted by atomic mass is 10.0. The second-order valence-electron chi connectivity index (χ2n) is 10.3. The molecule has 1 aromatic heterocycles. The Morgan fingerprint density at radius 3 is 2.77 bits per heavy atom. The summed E-state index contributed by atoms with van der Waals surface area (Å²) in [5.41, 5.74) is 2.95. The van der Waals surface area contributed by atoms with Gasteiger partial charge in [-0.05, 0) is 25.6 Å². The van der Waals surface area contributed by atoms with Gasteiger partial charge in [0.05, 0.1) is 29.9 Å². The van der Waals surface area contributed by atoms with Gasteiger partial charge in [-0.2, -0.15) is 9.65 Å². The lowest BCUT2D eigenvalue weighted by molar-refractivity contribution is 0.0301. The highest BCUT2D eigenvalue weighted by molar-refractivity contribution is 5.69. The van der Waals surface area contributed by atoms with Crippen molar-refractivity contribution in [3.63, 3.8) is 0 Å². The van der Waals surface area contributed by atoms with Crippen LogP contribution in [0.25, 0.3) is 0 Å². The van der Waals surface area contributed by atoms with Crippen LogP contribution in [0.3, 0.4) is 0 Å². The number of nitrogens with one attached hydrogen (secondary N) is 1. The molecule has 1 N–H and O–H groups in total. The minimum absolute atomic E-state index is 0.0312. The maximum Gasteiger partial charge on any atom is 0.410 e. The molecule has 1 aromatic carbocycles. The fourth-order valence-corrected chi connectivity index (χ4v) is 5.63. The summed E-state index contributed by atoms with van der Waals surface area (Å²) in [6, 6.07) is 11.2. The second-order valence-corrected chi connectivity index (χ2v) is 10.3. The molecule has 3 atom stereocenters. The monoisotopic (exact) mass is 538 g/mol. The van der Waals surface area contributed by atoms with E-state index in [9.17, 15) is 10.1 Å². The van der Waals surface area contributed by atoms with E-state index in [1.165, 1.54) is 0 Å². The van der Waals surface area contributed by atoms with Gasteiger partial charge in [-0.25, -0.2) is 9.78 Å². The molecule has 0 spiro atoms. The summed E-state index contributed by atoms with van der Waals surface area (Å²) in [6.45, 7) is 3.70. The van der Waals surface area contributed by atoms with Crippen molar-refractivity contribution in [3.05, 3.63) is 53.0 Å². The minimum atomic E-state index is -0.504. The van der Waals surface area contributed by atoms with Gasteiger partial charge in [0.1, 0.15) is 18.8 Å². The van der Waals surface area contributed by atoms with Crippen LogP contribution in [0.1, 0.15) is 23.2 Å². The van der Waals surface area contributed by atoms with Crippen LogP contribution >= 0.6 is 0 Å². The highest BCUT2D eigenvalue weighted by Crippen LogP contribution is 2.36. The fourth-order valence-electron chi connectivity index (χ4n) is 5.63. The Bertz CT molecular complexity index is 1210. The van der Waals surface area contributed by atoms with Gasteiger partial charge in [0.2, 0.25) is 5.82 Å². The normalized spacial score (nSPS) is 23.3. The molecule has 1 unspecified atom stereocenters. The van der Waals surface area contributed by atoms with Crippen molar-refractivity contribution in [2.75, 3.05) is 58.3 Å². The van der Waals surface area contributed by atoms with Crippen molar-refractivity contribution >= 4 is 11.8 Å². The van der Waals surface area contributed by atoms with Gasteiger partial charge in [0.25, 0.3) is 5.88 Å². The Morgan fingerprint density at radius 1 is 1.21 bits per heavy atom. The van der Waals surface area contributed by atoms with Gasteiger partial charge in [-0.15, -0.1) is 0 Å². The molecule has 10 nitrogen and oxygen atoms in total. The smallest absolute Gasteiger partial charge is 0.410 e. The molecule has 0 saturated carbocycles. The minimum Gasteiger partial charge on any atom is -0.468 e. The Balaban J connectivity index is 1.37. The Hall–Kier alpha value is -3.46. The van der Waals surface area contributed by atoms with Crippen molar-refractivity contribution in [3.8, 4) is 11.9 Å². The number of halogens is 1. The number of fused-ring (bicyclic) bond motifs is 1. The number of nitrogens with zero attached hydrogens (tertiary/aromatic N) is 5. The van der Waals surface area contributed by atoms with Crippen LogP contribution in [0, 0.1) is 17.1 Å². The largest absolute Gasteiger partial charge is 0.468 e. The lowest BCUT2D eigenvalue weighted by Crippen LogP contribution is -2.55. The van der Waals surface area contributed by atoms with E-state index < -0.39 is 18.0 Å². The molecule has 11 heteroatoms. The summed E-state index contributed by atoms with van der Waals surface area (Å²) in [7, 11) is 3.60. The number of ether oxygens (including phenoxy) is 3. The quantitative estimate of drug-likeness (QED) is 0.569. The van der Waals surface area contributed by atoms with Crippen LogP contribution in [-0.4, -0.2) is 92.6 Å². The van der Waals surface area contributed by atoms with E-state index in [0.29, 0.717) is 57.9 Å². The molecule has 2 aromatic rings. The molecule has 39 heavy (non-hydrogen) atoms. The molecular formula is C28H35FN6O4. The van der Waals surface area contributed by atoms with Crippen molar-refractivity contribution in [1.29, 1.82) is 5.26 Å². The number of aromatic nitrogens is 1. The summed E-state index contributed by atoms with van der Waals surface area (Å²) < 4.78 is 33.5. The number of amides is 1. The molecule has 4 heterocycles. The molecule has 0 bridgehead atoms. The highest BCUT2D eigenvalue weighted by Gasteiger charge is 2.38. The summed E-state index contributed by atoms with van der Waals surface area (Å²) in [5.74, 6) is -0.535. The van der Waals surface area contributed by atoms with Crippen LogP contribution in [0.4, 0.5) is 14.9 Å². The third-order valence-corrected chi connectivity index (χ3v) is 7.64. The van der Waals surface area contributed by atoms with E-state index in [1.807, 2.05) is 42.3 Å². The standard InChI is InChI=1S/C28H35FN6O4/c1-33-16-23(37-2)24(17-33)39-27-25(29)26(21-9-11-31-14-22(21)32-27)34-12-13-35(20(15-34)8-10-30)28(36)38-18-19-6-4-3-5-7-19/h3-7,20,23-24,31H,8-9,11-18H2,1-2H3/t20?,23-,24-/m1/s1. The average molecular weight is 539 g/mol. The molecule has 0 radical (unpaired) electrons. The first kappa shape index (κ1) is 27.1. The zero-order valence-corrected chi connectivity index (χ0v) is 22.4. The van der Waals surface area contributed by atoms with Gasteiger partial charge in [-0.1, -0.05) is 30.3 Å². The number of likely N-dealkylation sites (N-methyl/N-ethyl adjacent to an activating group) is 1. The zero-order chi connectivity index (χ0) is 27.4. The Morgan fingerprint density at radius 2 is 2.00 bits per heavy atom. The number of rotatable bonds is 7. The first-order chi connectivity index (χ1) is 19.0. The van der Waals surface area contributed by atoms with E-state index in [0.717, 1.165) is 16.8 Å². The maximum absolute atomic E-state index is 16.2. The van der Waals surface area contributed by atoms with E-state index in [4.69, 9.17) is 14.2 Å². The number of likely N-dealkylation sites (tertiary alicyclic amines) is 1. The van der Waals surface area contributed by atoms with Gasteiger partial charge in [-0.3, -0.25) is 4.90 Å². The molecule has 208 valence electrons. The third-order valence-electron chi connectivity index (χ3n) is 7.64. The zero-order valence-electron chi connectivity index (χ0n) is 22.4. The van der Waals surface area contributed by atoms with E-state index in [-0.39, 0.29) is 31.1 Å². The molecule has 2 fully saturated rings. The number of pyridine rings is 1. The molecule has 1 amide bonds. The first-order valence-electron chi connectivity index (χ1n) is 13.4. The van der Waals surface area contributed by atoms with Gasteiger partial charge in [0, 0.05) is 51.9 Å². The summed E-state index contributed by atoms with van der Waals surface area (Å²) in [6.07, 6.45) is -0.253. The average Bonchev–Trinajstić information content (AvgIpc) is 3.31. The number of hydrogen-bond acceptors (Lipinski definition) is 9. The fraction of sp³-hybridized carbons (Fsp3) is 0.536. The van der Waals surface area contributed by atoms with Crippen LogP contribution < -0.4 is 15.0 Å². The number of nitriles is 1. The number of carbonyl (C=O) groups is 1. The summed E-state index contributed by atoms with van der Waals surface area (Å²) >= 11 is 0. The molecule has 5 rings (SSSR count). The van der Waals surface area contributed by atoms with Crippen molar-refractivity contribution in [2.45, 2.75) is 44.2 Å². The van der Waals surface area contributed by atoms with Crippen molar-refractivity contribution in [2.24, 2.45) is 0 Å². The van der Waals surface area contributed by atoms with Crippen molar-refractivity contribution in [1.82, 2.24) is 20.1 Å². The number of benzene rings is 1. The molecule has 3 aliphatic heterocycles. The number of piperazine rings is 1. The van der Waals surface area contributed by atoms with Crippen LogP contribution in [-0.2, 0) is 29.0 Å². The first-order valence-corrected chi connectivity index (χ1v) is 13.4. The number of carbonyl (C=O) groups excluding carboxylic acids is 1. The predicted molar refractivity (Wildman–Crippen MR) is 142 cm³/mol. The number of hydrogen-bond donors (Lipinski definition) is 1. The van der Waals surface area contributed by atoms with Gasteiger partial charge in [0.15, 0.2) is 0 Å². The number of methoxy groups -OCH3 is 1. The lowest BCUT2D eigenvalue weighted by Gasteiger charge is -2.42. The summed E-state index contributed by atoms with van der Waals surface area (Å²) in [5, 5.41) is 12.8. The van der Waals surface area contributed by atoms with E-state index >= 15 is 4.39 Å². The highest BCUT2D eigenvalue weighted by atomic mass is 19.1. The molecule has 0 aliphatic carbocycles. The van der Waals surface area contributed by atoms with E-state index in [1.54, 1.807) is 12.0 Å². The van der Waals surface area contributed by atoms with Crippen LogP contribution in [0.2, 0.25) is 0 Å². The van der Waals surface area contributed by atoms with Gasteiger partial charge < -0.3 is 29.3 Å². The Labute approximate surface area is 228 Å². The predicted octanol–water partition coefficient (Wildman–Crippen LogP) is 2.32. The van der Waals surface area contributed by atoms with Gasteiger partial charge >= 0.3 is 6.09 Å². The SMILES string of the molecule is CO[C@@H]1CN(C)C[C@H]1Oc1nc2c(c(N3CCN(C(=O)OCc4ccccc4)C(CC#N)C3)c1F)CCNC2. The molecule has 3 aliphatic rings. The topological polar surface area (TPSA) is 103 Å². The maximum atomic E-state index is 16.2. The number of anilines is 1. The third kappa shape index (κ3) is 5.93. The summed E-state index contributed by atoms with van der Waals surface area (Å²) in [4.78, 5) is 23.2.